The number of rotatable bonds is 9. The van der Waals surface area contributed by atoms with Crippen LogP contribution in [-0.4, -0.2) is 91.5 Å². The fourth-order valence-electron chi connectivity index (χ4n) is 3.41. The minimum absolute atomic E-state index is 0.244. The van der Waals surface area contributed by atoms with E-state index in [2.05, 4.69) is 25.1 Å². The highest BCUT2D eigenvalue weighted by Gasteiger charge is 2.16. The summed E-state index contributed by atoms with van der Waals surface area (Å²) in [6, 6.07) is 3.78. The Morgan fingerprint density at radius 2 is 1.67 bits per heavy atom. The van der Waals surface area contributed by atoms with Crippen molar-refractivity contribution in [3.8, 4) is 11.5 Å². The Morgan fingerprint density at radius 3 is 2.33 bits per heavy atom. The van der Waals surface area contributed by atoms with Crippen LogP contribution in [0.2, 0.25) is 0 Å². The number of aliphatic hydroxyl groups excluding tert-OH is 1. The van der Waals surface area contributed by atoms with Gasteiger partial charge >= 0.3 is 0 Å². The van der Waals surface area contributed by atoms with Crippen molar-refractivity contribution in [2.24, 2.45) is 0 Å². The maximum Gasteiger partial charge on any atom is 0.162 e. The highest BCUT2D eigenvalue weighted by Crippen LogP contribution is 2.33. The molecule has 8 nitrogen and oxygen atoms in total. The van der Waals surface area contributed by atoms with Gasteiger partial charge < -0.3 is 24.8 Å². The van der Waals surface area contributed by atoms with Gasteiger partial charge in [0.05, 0.1) is 26.3 Å². The lowest BCUT2D eigenvalue weighted by atomic mass is 10.2. The van der Waals surface area contributed by atoms with Crippen molar-refractivity contribution in [2.75, 3.05) is 72.0 Å². The first-order valence-corrected chi connectivity index (χ1v) is 9.41. The van der Waals surface area contributed by atoms with E-state index >= 15 is 0 Å². The molecule has 8 heteroatoms. The molecule has 0 aliphatic carbocycles. The number of ether oxygens (including phenoxy) is 2. The van der Waals surface area contributed by atoms with Crippen LogP contribution in [0, 0.1) is 0 Å². The van der Waals surface area contributed by atoms with Crippen molar-refractivity contribution in [1.82, 2.24) is 19.8 Å². The molecule has 0 amide bonds. The average molecular weight is 375 g/mol. The predicted octanol–water partition coefficient (Wildman–Crippen LogP) is 1.06. The van der Waals surface area contributed by atoms with Gasteiger partial charge in [0.1, 0.15) is 12.1 Å². The number of benzene rings is 1. The Bertz CT molecular complexity index is 735. The average Bonchev–Trinajstić information content (AvgIpc) is 2.71. The molecule has 1 saturated heterocycles. The van der Waals surface area contributed by atoms with Crippen LogP contribution in [0.25, 0.3) is 10.9 Å². The smallest absolute Gasteiger partial charge is 0.162 e. The van der Waals surface area contributed by atoms with Gasteiger partial charge in [-0.3, -0.25) is 4.90 Å². The van der Waals surface area contributed by atoms with Crippen LogP contribution in [-0.2, 0) is 0 Å². The van der Waals surface area contributed by atoms with Crippen molar-refractivity contribution < 1.29 is 14.6 Å². The van der Waals surface area contributed by atoms with Crippen molar-refractivity contribution >= 4 is 16.7 Å². The molecule has 148 valence electrons. The molecule has 1 aliphatic rings. The third-order valence-electron chi connectivity index (χ3n) is 4.97. The summed E-state index contributed by atoms with van der Waals surface area (Å²) in [5.41, 5.74) is 0.824. The maximum atomic E-state index is 9.01. The highest BCUT2D eigenvalue weighted by molar-refractivity contribution is 5.91. The molecule has 3 rings (SSSR count). The fraction of sp³-hybridized carbons (Fsp3) is 0.579. The topological polar surface area (TPSA) is 83.0 Å². The Balaban J connectivity index is 1.53. The molecule has 1 aromatic carbocycles. The first-order chi connectivity index (χ1) is 13.2. The molecule has 0 radical (unpaired) electrons. The Morgan fingerprint density at radius 1 is 1.00 bits per heavy atom. The van der Waals surface area contributed by atoms with E-state index in [0.29, 0.717) is 11.5 Å². The largest absolute Gasteiger partial charge is 0.493 e. The molecular weight excluding hydrogens is 346 g/mol. The summed E-state index contributed by atoms with van der Waals surface area (Å²) in [7, 11) is 3.24. The van der Waals surface area contributed by atoms with Gasteiger partial charge in [-0.2, -0.15) is 0 Å². The molecule has 1 aromatic heterocycles. The molecular formula is C19H29N5O3. The first kappa shape index (κ1) is 19.6. The lowest BCUT2D eigenvalue weighted by Gasteiger charge is -2.34. The van der Waals surface area contributed by atoms with Crippen LogP contribution in [0.4, 0.5) is 5.82 Å². The van der Waals surface area contributed by atoms with Crippen molar-refractivity contribution in [2.45, 2.75) is 6.42 Å². The summed E-state index contributed by atoms with van der Waals surface area (Å²) in [5.74, 6) is 2.15. The molecule has 0 saturated carbocycles. The van der Waals surface area contributed by atoms with Gasteiger partial charge in [-0.25, -0.2) is 9.97 Å². The van der Waals surface area contributed by atoms with Crippen molar-refractivity contribution in [3.05, 3.63) is 18.5 Å². The SMILES string of the molecule is COc1cc2ncnc(NCCCN3CCN(CCO)CC3)c2cc1OC. The molecule has 2 aromatic rings. The van der Waals surface area contributed by atoms with Crippen molar-refractivity contribution in [1.29, 1.82) is 0 Å². The number of nitrogens with one attached hydrogen (secondary N) is 1. The van der Waals surface area contributed by atoms with Gasteiger partial charge in [-0.15, -0.1) is 0 Å². The molecule has 0 atom stereocenters. The molecule has 0 unspecified atom stereocenters. The van der Waals surface area contributed by atoms with Crippen molar-refractivity contribution in [3.63, 3.8) is 0 Å². The number of piperazine rings is 1. The number of aromatic nitrogens is 2. The molecule has 27 heavy (non-hydrogen) atoms. The summed E-state index contributed by atoms with van der Waals surface area (Å²) >= 11 is 0. The van der Waals surface area contributed by atoms with E-state index in [-0.39, 0.29) is 6.61 Å². The minimum atomic E-state index is 0.244. The van der Waals surface area contributed by atoms with E-state index in [9.17, 15) is 0 Å². The van der Waals surface area contributed by atoms with E-state index in [1.807, 2.05) is 12.1 Å². The first-order valence-electron chi connectivity index (χ1n) is 9.41. The predicted molar refractivity (Wildman–Crippen MR) is 106 cm³/mol. The molecule has 0 bridgehead atoms. The van der Waals surface area contributed by atoms with Crippen LogP contribution in [0.15, 0.2) is 18.5 Å². The summed E-state index contributed by atoms with van der Waals surface area (Å²) in [6.07, 6.45) is 2.61. The van der Waals surface area contributed by atoms with Crippen LogP contribution in [0.5, 0.6) is 11.5 Å². The Labute approximate surface area is 160 Å². The number of fused-ring (bicyclic) bond motifs is 1. The fourth-order valence-corrected chi connectivity index (χ4v) is 3.41. The van der Waals surface area contributed by atoms with E-state index in [4.69, 9.17) is 14.6 Å². The van der Waals surface area contributed by atoms with Gasteiger partial charge in [0.2, 0.25) is 0 Å². The molecule has 0 spiro atoms. The van der Waals surface area contributed by atoms with Gasteiger partial charge in [0.15, 0.2) is 11.5 Å². The van der Waals surface area contributed by atoms with Gasteiger partial charge in [0, 0.05) is 50.7 Å². The summed E-state index contributed by atoms with van der Waals surface area (Å²) in [6.45, 7) is 7.12. The Hall–Kier alpha value is -2.16. The molecule has 2 N–H and O–H groups in total. The third kappa shape index (κ3) is 4.97. The molecule has 2 heterocycles. The van der Waals surface area contributed by atoms with E-state index in [0.717, 1.165) is 69.0 Å². The lowest BCUT2D eigenvalue weighted by Crippen LogP contribution is -2.47. The van der Waals surface area contributed by atoms with Crippen LogP contribution >= 0.6 is 0 Å². The van der Waals surface area contributed by atoms with E-state index < -0.39 is 0 Å². The summed E-state index contributed by atoms with van der Waals surface area (Å²) in [4.78, 5) is 13.5. The number of aliphatic hydroxyl groups is 1. The van der Waals surface area contributed by atoms with Crippen LogP contribution in [0.3, 0.4) is 0 Å². The zero-order chi connectivity index (χ0) is 19.1. The van der Waals surface area contributed by atoms with Gasteiger partial charge in [0.25, 0.3) is 0 Å². The number of anilines is 1. The number of nitrogens with zero attached hydrogens (tertiary/aromatic N) is 4. The highest BCUT2D eigenvalue weighted by atomic mass is 16.5. The number of β-amino-alcohol motifs (C(OH)–C–C–N with tert-alkyl or cyclic N) is 1. The standard InChI is InChI=1S/C19H29N5O3/c1-26-17-12-15-16(13-18(17)27-2)21-14-22-19(15)20-4-3-5-23-6-8-24(9-7-23)10-11-25/h12-14,25H,3-11H2,1-2H3,(H,20,21,22). The second-order valence-corrected chi connectivity index (χ2v) is 6.63. The normalized spacial score (nSPS) is 15.8. The monoisotopic (exact) mass is 375 g/mol. The zero-order valence-corrected chi connectivity index (χ0v) is 16.1. The molecule has 1 aliphatic heterocycles. The second-order valence-electron chi connectivity index (χ2n) is 6.63. The summed E-state index contributed by atoms with van der Waals surface area (Å²) in [5, 5.41) is 13.4. The molecule has 1 fully saturated rings. The number of methoxy groups -OCH3 is 2. The van der Waals surface area contributed by atoms with E-state index in [1.54, 1.807) is 20.5 Å². The number of hydrogen-bond donors (Lipinski definition) is 2. The summed E-state index contributed by atoms with van der Waals surface area (Å²) < 4.78 is 10.7. The van der Waals surface area contributed by atoms with Crippen LogP contribution in [0.1, 0.15) is 6.42 Å². The maximum absolute atomic E-state index is 9.01. The number of hydrogen-bond acceptors (Lipinski definition) is 8. The zero-order valence-electron chi connectivity index (χ0n) is 16.1. The van der Waals surface area contributed by atoms with Crippen LogP contribution < -0.4 is 14.8 Å². The lowest BCUT2D eigenvalue weighted by molar-refractivity contribution is 0.112. The quantitative estimate of drug-likeness (QED) is 0.630. The minimum Gasteiger partial charge on any atom is -0.493 e. The third-order valence-corrected chi connectivity index (χ3v) is 4.97. The van der Waals surface area contributed by atoms with Gasteiger partial charge in [-0.1, -0.05) is 0 Å². The van der Waals surface area contributed by atoms with Gasteiger partial charge in [-0.05, 0) is 19.0 Å². The Kier molecular flexibility index (Phi) is 7.03. The van der Waals surface area contributed by atoms with E-state index in [1.165, 1.54) is 0 Å². The second kappa shape index (κ2) is 9.68.